The van der Waals surface area contributed by atoms with Gasteiger partial charge in [-0.15, -0.1) is 19.7 Å². The number of rotatable bonds is 9. The van der Waals surface area contributed by atoms with Crippen LogP contribution in [0.25, 0.3) is 26.4 Å². The molecule has 46 heavy (non-hydrogen) atoms. The van der Waals surface area contributed by atoms with E-state index in [0.717, 1.165) is 24.3 Å². The van der Waals surface area contributed by atoms with Crippen LogP contribution in [-0.4, -0.2) is 36.3 Å². The van der Waals surface area contributed by atoms with Crippen molar-refractivity contribution in [2.45, 2.75) is 14.7 Å². The average molecular weight is 683 g/mol. The first-order valence-corrected chi connectivity index (χ1v) is 16.0. The van der Waals surface area contributed by atoms with Gasteiger partial charge in [0, 0.05) is 21.5 Å². The first kappa shape index (κ1) is 32.4. The van der Waals surface area contributed by atoms with E-state index in [1.54, 1.807) is 24.3 Å². The van der Waals surface area contributed by atoms with Gasteiger partial charge in [-0.3, -0.25) is 9.11 Å². The second-order valence-corrected chi connectivity index (χ2v) is 12.7. The molecule has 0 aliphatic rings. The van der Waals surface area contributed by atoms with Crippen molar-refractivity contribution >= 4 is 87.9 Å². The summed E-state index contributed by atoms with van der Waals surface area (Å²) in [5, 5.41) is 40.2. The SMILES string of the molecule is [C-]#[N+]c1ccc(N=Nc2ccc(N=Nc3c(SOOO)cc4c(S(=O)(=O)O)c(N)ccc4c3O)c3cc(S(=O)(=O)O)ccc23)cc1. The molecule has 5 rings (SSSR count). The van der Waals surface area contributed by atoms with Crippen LogP contribution in [0, 0.1) is 6.57 Å². The third kappa shape index (κ3) is 6.64. The molecule has 6 N–H and O–H groups in total. The predicted octanol–water partition coefficient (Wildman–Crippen LogP) is 7.58. The van der Waals surface area contributed by atoms with Crippen LogP contribution < -0.4 is 5.73 Å². The highest BCUT2D eigenvalue weighted by Gasteiger charge is 2.24. The summed E-state index contributed by atoms with van der Waals surface area (Å²) in [4.78, 5) is 1.99. The second-order valence-electron chi connectivity index (χ2n) is 9.17. The van der Waals surface area contributed by atoms with E-state index < -0.39 is 35.8 Å². The van der Waals surface area contributed by atoms with Crippen molar-refractivity contribution in [2.24, 2.45) is 20.5 Å². The summed E-state index contributed by atoms with van der Waals surface area (Å²) in [6, 6.07) is 16.4. The minimum atomic E-state index is -4.87. The van der Waals surface area contributed by atoms with E-state index in [-0.39, 0.29) is 43.8 Å². The molecule has 5 aromatic carbocycles. The molecular formula is C27H18N6O10S3. The van der Waals surface area contributed by atoms with E-state index in [1.807, 2.05) is 0 Å². The van der Waals surface area contributed by atoms with E-state index in [0.29, 0.717) is 28.8 Å². The number of benzene rings is 5. The highest BCUT2D eigenvalue weighted by molar-refractivity contribution is 7.94. The van der Waals surface area contributed by atoms with Gasteiger partial charge in [-0.2, -0.15) is 21.9 Å². The fourth-order valence-electron chi connectivity index (χ4n) is 4.35. The van der Waals surface area contributed by atoms with Crippen molar-refractivity contribution in [1.82, 2.24) is 0 Å². The molecule has 0 atom stereocenters. The summed E-state index contributed by atoms with van der Waals surface area (Å²) in [5.41, 5.74) is 6.29. The zero-order valence-electron chi connectivity index (χ0n) is 22.7. The molecule has 0 fully saturated rings. The van der Waals surface area contributed by atoms with Crippen LogP contribution in [0.3, 0.4) is 0 Å². The molecule has 0 heterocycles. The number of hydrogen-bond donors (Lipinski definition) is 5. The van der Waals surface area contributed by atoms with Gasteiger partial charge in [0.15, 0.2) is 11.4 Å². The molecule has 0 bridgehead atoms. The zero-order chi connectivity index (χ0) is 33.2. The van der Waals surface area contributed by atoms with Gasteiger partial charge in [-0.1, -0.05) is 23.2 Å². The van der Waals surface area contributed by atoms with Crippen LogP contribution in [0.2, 0.25) is 0 Å². The molecule has 234 valence electrons. The monoisotopic (exact) mass is 682 g/mol. The zero-order valence-corrected chi connectivity index (χ0v) is 25.2. The van der Waals surface area contributed by atoms with E-state index >= 15 is 0 Å². The van der Waals surface area contributed by atoms with Crippen LogP contribution in [0.15, 0.2) is 108 Å². The number of nitrogen functional groups attached to an aromatic ring is 1. The Kier molecular flexibility index (Phi) is 8.97. The lowest BCUT2D eigenvalue weighted by atomic mass is 10.1. The van der Waals surface area contributed by atoms with Gasteiger partial charge in [-0.25, -0.2) is 10.1 Å². The Morgan fingerprint density at radius 1 is 0.761 bits per heavy atom. The fourth-order valence-corrected chi connectivity index (χ4v) is 6.16. The number of anilines is 1. The Hall–Kier alpha value is -5.04. The molecule has 19 heteroatoms. The van der Waals surface area contributed by atoms with Crippen molar-refractivity contribution in [1.29, 1.82) is 0 Å². The smallest absolute Gasteiger partial charge is 0.297 e. The first-order valence-electron chi connectivity index (χ1n) is 12.4. The fraction of sp³-hybridized carbons (Fsp3) is 0. The number of nitrogens with zero attached hydrogens (tertiary/aromatic N) is 5. The second kappa shape index (κ2) is 12.8. The van der Waals surface area contributed by atoms with Gasteiger partial charge in [0.25, 0.3) is 20.2 Å². The number of azo groups is 2. The molecule has 0 radical (unpaired) electrons. The summed E-state index contributed by atoms with van der Waals surface area (Å²) in [6.45, 7) is 7.06. The standard InChI is InChI=1S/C27H18N6O10S3/c1-29-14-2-4-15(5-3-14)30-31-22-10-11-23(19-12-16(45(36,37)38)6-7-17(19)22)32-33-25-24(44-43-42-35)13-20-18(26(25)34)8-9-21(28)27(20)46(39,40)41/h2-13,34-35H,28H2,(H,36,37,38)(H,39,40,41). The number of aromatic hydroxyl groups is 1. The molecule has 0 spiro atoms. The Balaban J connectivity index is 1.68. The summed E-state index contributed by atoms with van der Waals surface area (Å²) in [5.74, 6) is -0.632. The lowest BCUT2D eigenvalue weighted by Crippen LogP contribution is -2.04. The third-order valence-corrected chi connectivity index (χ3v) is 8.82. The lowest BCUT2D eigenvalue weighted by Gasteiger charge is -2.13. The van der Waals surface area contributed by atoms with Crippen molar-refractivity contribution in [3.05, 3.63) is 84.2 Å². The maximum atomic E-state index is 12.1. The number of nitrogens with two attached hydrogens (primary N) is 1. The largest absolute Gasteiger partial charge is 0.505 e. The number of fused-ring (bicyclic) bond motifs is 2. The van der Waals surface area contributed by atoms with Crippen molar-refractivity contribution in [3.8, 4) is 5.75 Å². The molecular weight excluding hydrogens is 665 g/mol. The van der Waals surface area contributed by atoms with Gasteiger partial charge in [0.2, 0.25) is 0 Å². The van der Waals surface area contributed by atoms with E-state index in [9.17, 15) is 31.0 Å². The number of phenols is 1. The molecule has 0 aliphatic carbocycles. The molecule has 0 aliphatic heterocycles. The Morgan fingerprint density at radius 2 is 1.41 bits per heavy atom. The normalized spacial score (nSPS) is 12.4. The molecule has 5 aromatic rings. The molecule has 16 nitrogen and oxygen atoms in total. The summed E-state index contributed by atoms with van der Waals surface area (Å²) < 4.78 is 71.9. The van der Waals surface area contributed by atoms with Crippen molar-refractivity contribution < 1.29 is 45.7 Å². The average Bonchev–Trinajstić information content (AvgIpc) is 3.01. The predicted molar refractivity (Wildman–Crippen MR) is 165 cm³/mol. The van der Waals surface area contributed by atoms with Crippen LogP contribution in [0.5, 0.6) is 5.75 Å². The molecule has 0 saturated carbocycles. The van der Waals surface area contributed by atoms with Crippen molar-refractivity contribution in [3.63, 3.8) is 0 Å². The van der Waals surface area contributed by atoms with Gasteiger partial charge in [0.1, 0.15) is 10.6 Å². The van der Waals surface area contributed by atoms with Crippen LogP contribution >= 0.6 is 12.0 Å². The Bertz CT molecular complexity index is 2340. The van der Waals surface area contributed by atoms with Gasteiger partial charge < -0.3 is 10.8 Å². The lowest BCUT2D eigenvalue weighted by molar-refractivity contribution is -0.432. The molecule has 0 amide bonds. The quantitative estimate of drug-likeness (QED) is 0.0192. The van der Waals surface area contributed by atoms with E-state index in [2.05, 4.69) is 34.7 Å². The van der Waals surface area contributed by atoms with Gasteiger partial charge in [0.05, 0.1) is 51.2 Å². The minimum Gasteiger partial charge on any atom is -0.505 e. The Morgan fingerprint density at radius 3 is 2.04 bits per heavy atom. The first-order chi connectivity index (χ1) is 21.8. The van der Waals surface area contributed by atoms with Gasteiger partial charge >= 0.3 is 0 Å². The Labute approximate surface area is 263 Å². The van der Waals surface area contributed by atoms with Crippen LogP contribution in [0.1, 0.15) is 0 Å². The summed E-state index contributed by atoms with van der Waals surface area (Å²) in [6.07, 6.45) is 0. The highest BCUT2D eigenvalue weighted by Crippen LogP contribution is 2.47. The topological polar surface area (TPSA) is 247 Å². The maximum absolute atomic E-state index is 12.1. The van der Waals surface area contributed by atoms with E-state index in [4.69, 9.17) is 17.6 Å². The number of hydrogen-bond acceptors (Lipinski definition) is 14. The maximum Gasteiger partial charge on any atom is 0.297 e. The van der Waals surface area contributed by atoms with Crippen LogP contribution in [0.4, 0.5) is 34.1 Å². The summed E-state index contributed by atoms with van der Waals surface area (Å²) in [7, 11) is -9.52. The van der Waals surface area contributed by atoms with Gasteiger partial charge in [-0.05, 0) is 54.6 Å². The number of phenolic OH excluding ortho intramolecular Hbond substituents is 1. The summed E-state index contributed by atoms with van der Waals surface area (Å²) >= 11 is 0.296. The highest BCUT2D eigenvalue weighted by atomic mass is 32.2. The third-order valence-electron chi connectivity index (χ3n) is 6.38. The molecule has 0 unspecified atom stereocenters. The minimum absolute atomic E-state index is 0.0339. The van der Waals surface area contributed by atoms with Crippen LogP contribution in [-0.2, 0) is 29.6 Å². The molecule has 0 aromatic heterocycles. The van der Waals surface area contributed by atoms with Crippen molar-refractivity contribution in [2.75, 3.05) is 5.73 Å². The molecule has 0 saturated heterocycles. The van der Waals surface area contributed by atoms with E-state index in [1.165, 1.54) is 24.3 Å².